The minimum absolute atomic E-state index is 0.0587. The van der Waals surface area contributed by atoms with E-state index in [2.05, 4.69) is 22.6 Å². The monoisotopic (exact) mass is 305 g/mol. The predicted octanol–water partition coefficient (Wildman–Crippen LogP) is 1.46. The second-order valence-electron chi connectivity index (χ2n) is 2.67. The van der Waals surface area contributed by atoms with Crippen molar-refractivity contribution >= 4 is 34.8 Å². The highest BCUT2D eigenvalue weighted by atomic mass is 127. The summed E-state index contributed by atoms with van der Waals surface area (Å²) in [5, 5.41) is 19.3. The van der Waals surface area contributed by atoms with Crippen LogP contribution >= 0.6 is 22.6 Å². The molecule has 1 N–H and O–H groups in total. The summed E-state index contributed by atoms with van der Waals surface area (Å²) in [6.07, 6.45) is 0.611. The Morgan fingerprint density at radius 3 is 2.93 bits per heavy atom. The Labute approximate surface area is 94.6 Å². The second-order valence-corrected chi connectivity index (χ2v) is 3.92. The number of carboxylic acid groups (broad SMARTS) is 1. The zero-order valence-corrected chi connectivity index (χ0v) is 9.34. The summed E-state index contributed by atoms with van der Waals surface area (Å²) in [5.41, 5.74) is 0.796. The van der Waals surface area contributed by atoms with Gasteiger partial charge in [-0.05, 0) is 34.7 Å². The Morgan fingerprint density at radius 1 is 1.64 bits per heavy atom. The van der Waals surface area contributed by atoms with Gasteiger partial charge in [0.25, 0.3) is 6.21 Å². The van der Waals surface area contributed by atoms with Gasteiger partial charge in [0.1, 0.15) is 0 Å². The van der Waals surface area contributed by atoms with Crippen LogP contribution in [0.25, 0.3) is 0 Å². The number of nitrogens with zero attached hydrogens (tertiary/aromatic N) is 1. The highest BCUT2D eigenvalue weighted by Crippen LogP contribution is 2.08. The molecule has 1 rings (SSSR count). The van der Waals surface area contributed by atoms with Crippen LogP contribution < -0.4 is 0 Å². The van der Waals surface area contributed by atoms with Crippen LogP contribution in [0.2, 0.25) is 0 Å². The molecule has 0 saturated carbocycles. The zero-order valence-electron chi connectivity index (χ0n) is 7.18. The summed E-state index contributed by atoms with van der Waals surface area (Å²) in [4.78, 5) is 10.2. The first-order valence-electron chi connectivity index (χ1n) is 3.84. The molecule has 0 fully saturated rings. The van der Waals surface area contributed by atoms with Crippen molar-refractivity contribution in [2.24, 2.45) is 0 Å². The molecule has 5 heteroatoms. The predicted molar refractivity (Wildman–Crippen MR) is 60.2 cm³/mol. The Morgan fingerprint density at radius 2 is 2.36 bits per heavy atom. The van der Waals surface area contributed by atoms with Gasteiger partial charge in [-0.3, -0.25) is 0 Å². The molecule has 0 saturated heterocycles. The highest BCUT2D eigenvalue weighted by molar-refractivity contribution is 14.1. The molecule has 4 nitrogen and oxygen atoms in total. The van der Waals surface area contributed by atoms with Crippen molar-refractivity contribution < 1.29 is 14.6 Å². The van der Waals surface area contributed by atoms with Gasteiger partial charge in [0.05, 0.1) is 0 Å². The fraction of sp³-hybridized carbons (Fsp3) is 0.111. The quantitative estimate of drug-likeness (QED) is 0.302. The molecule has 14 heavy (non-hydrogen) atoms. The van der Waals surface area contributed by atoms with Crippen molar-refractivity contribution in [1.29, 1.82) is 0 Å². The van der Waals surface area contributed by atoms with E-state index in [9.17, 15) is 10.0 Å². The fourth-order valence-electron chi connectivity index (χ4n) is 0.984. The summed E-state index contributed by atoms with van der Waals surface area (Å²) in [7, 11) is 0. The molecule has 0 aromatic heterocycles. The molecule has 1 aromatic carbocycles. The van der Waals surface area contributed by atoms with E-state index >= 15 is 0 Å². The minimum Gasteiger partial charge on any atom is -0.623 e. The van der Waals surface area contributed by atoms with Crippen LogP contribution in [0.4, 0.5) is 0 Å². The molecule has 0 aliphatic heterocycles. The van der Waals surface area contributed by atoms with Crippen molar-refractivity contribution in [2.75, 3.05) is 0 Å². The topological polar surface area (TPSA) is 63.4 Å². The van der Waals surface area contributed by atoms with Gasteiger partial charge in [0.15, 0.2) is 6.54 Å². The fourth-order valence-corrected chi connectivity index (χ4v) is 1.59. The normalized spacial score (nSPS) is 11.4. The van der Waals surface area contributed by atoms with Gasteiger partial charge >= 0.3 is 5.97 Å². The van der Waals surface area contributed by atoms with Crippen LogP contribution in [-0.4, -0.2) is 22.0 Å². The van der Waals surface area contributed by atoms with E-state index in [1.807, 2.05) is 18.2 Å². The van der Waals surface area contributed by atoms with Crippen molar-refractivity contribution in [2.45, 2.75) is 6.54 Å². The molecule has 0 radical (unpaired) electrons. The SMILES string of the molecule is O=C(O)/C=[N+](\[O-])Cc1cccc(I)c1. The largest absolute Gasteiger partial charge is 0.623 e. The Bertz CT molecular complexity index is 376. The number of hydrogen-bond acceptors (Lipinski definition) is 2. The molecule has 0 aliphatic carbocycles. The lowest BCUT2D eigenvalue weighted by Crippen LogP contribution is -2.11. The lowest BCUT2D eigenvalue weighted by molar-refractivity contribution is -0.469. The molecule has 0 atom stereocenters. The number of aliphatic carboxylic acids is 1. The van der Waals surface area contributed by atoms with Crippen molar-refractivity contribution in [3.05, 3.63) is 38.6 Å². The number of hydroxylamine groups is 1. The van der Waals surface area contributed by atoms with E-state index in [4.69, 9.17) is 5.11 Å². The molecule has 0 heterocycles. The summed E-state index contributed by atoms with van der Waals surface area (Å²) in [5.74, 6) is -1.23. The maximum Gasteiger partial charge on any atom is 0.394 e. The molecule has 0 unspecified atom stereocenters. The lowest BCUT2D eigenvalue weighted by atomic mass is 10.2. The molecule has 1 aromatic rings. The zero-order chi connectivity index (χ0) is 10.6. The van der Waals surface area contributed by atoms with Gasteiger partial charge < -0.3 is 10.3 Å². The van der Waals surface area contributed by atoms with Gasteiger partial charge in [-0.15, -0.1) is 0 Å². The number of carboxylic acids is 1. The molecule has 74 valence electrons. The first kappa shape index (κ1) is 11.0. The smallest absolute Gasteiger partial charge is 0.394 e. The Hall–Kier alpha value is -1.11. The summed E-state index contributed by atoms with van der Waals surface area (Å²) in [6.45, 7) is 0.0587. The van der Waals surface area contributed by atoms with E-state index in [0.717, 1.165) is 9.13 Å². The molecule has 0 spiro atoms. The first-order valence-corrected chi connectivity index (χ1v) is 4.92. The van der Waals surface area contributed by atoms with Crippen LogP contribution in [0.3, 0.4) is 0 Å². The molecule has 0 bridgehead atoms. The second kappa shape index (κ2) is 4.94. The third kappa shape index (κ3) is 3.73. The van der Waals surface area contributed by atoms with E-state index in [-0.39, 0.29) is 6.54 Å². The van der Waals surface area contributed by atoms with Crippen LogP contribution in [0.1, 0.15) is 5.56 Å². The van der Waals surface area contributed by atoms with E-state index in [1.165, 1.54) is 0 Å². The maximum absolute atomic E-state index is 11.0. The van der Waals surface area contributed by atoms with Gasteiger partial charge in [-0.1, -0.05) is 12.1 Å². The molecule has 0 amide bonds. The first-order chi connectivity index (χ1) is 6.58. The number of benzene rings is 1. The molecular formula is C9H8INO3. The van der Waals surface area contributed by atoms with Crippen LogP contribution in [0.5, 0.6) is 0 Å². The van der Waals surface area contributed by atoms with Gasteiger partial charge in [0, 0.05) is 9.13 Å². The summed E-state index contributed by atoms with van der Waals surface area (Å²) < 4.78 is 1.41. The Kier molecular flexibility index (Phi) is 3.87. The number of rotatable bonds is 3. The van der Waals surface area contributed by atoms with Crippen LogP contribution in [0, 0.1) is 8.78 Å². The molecular weight excluding hydrogens is 297 g/mol. The van der Waals surface area contributed by atoms with Crippen molar-refractivity contribution in [3.8, 4) is 0 Å². The highest BCUT2D eigenvalue weighted by Gasteiger charge is 2.01. The van der Waals surface area contributed by atoms with Gasteiger partial charge in [-0.2, -0.15) is 0 Å². The van der Waals surface area contributed by atoms with Gasteiger partial charge in [0.2, 0.25) is 0 Å². The number of carbonyl (C=O) groups is 1. The average molecular weight is 305 g/mol. The van der Waals surface area contributed by atoms with E-state index in [1.54, 1.807) is 6.07 Å². The molecule has 0 aliphatic rings. The van der Waals surface area contributed by atoms with Crippen molar-refractivity contribution in [1.82, 2.24) is 0 Å². The van der Waals surface area contributed by atoms with Crippen LogP contribution in [0.15, 0.2) is 24.3 Å². The van der Waals surface area contributed by atoms with E-state index < -0.39 is 5.97 Å². The summed E-state index contributed by atoms with van der Waals surface area (Å²) in [6, 6.07) is 7.34. The standard InChI is InChI=1S/C9H8INO3/c10-8-3-1-2-7(4-8)5-11(14)6-9(12)13/h1-4,6H,5H2,(H,12,13)/b11-6-. The Balaban J connectivity index is 2.74. The van der Waals surface area contributed by atoms with Crippen molar-refractivity contribution in [3.63, 3.8) is 0 Å². The van der Waals surface area contributed by atoms with Crippen LogP contribution in [-0.2, 0) is 11.3 Å². The average Bonchev–Trinajstić information content (AvgIpc) is 2.01. The summed E-state index contributed by atoms with van der Waals surface area (Å²) >= 11 is 2.13. The lowest BCUT2D eigenvalue weighted by Gasteiger charge is -2.02. The minimum atomic E-state index is -1.23. The van der Waals surface area contributed by atoms with E-state index in [0.29, 0.717) is 11.0 Å². The third-order valence-corrected chi connectivity index (χ3v) is 2.15. The van der Waals surface area contributed by atoms with Gasteiger partial charge in [-0.25, -0.2) is 9.53 Å². The maximum atomic E-state index is 11.0. The third-order valence-electron chi connectivity index (χ3n) is 1.48. The number of hydrogen-bond donors (Lipinski definition) is 1. The number of halogens is 1.